The lowest BCUT2D eigenvalue weighted by atomic mass is 10.0. The molecule has 3 heterocycles. The van der Waals surface area contributed by atoms with Crippen molar-refractivity contribution < 1.29 is 9.53 Å². The first-order valence-electron chi connectivity index (χ1n) is 9.72. The maximum absolute atomic E-state index is 12.8. The van der Waals surface area contributed by atoms with E-state index in [2.05, 4.69) is 34.2 Å². The summed E-state index contributed by atoms with van der Waals surface area (Å²) in [6.07, 6.45) is 2.11. The monoisotopic (exact) mass is 388 g/mol. The van der Waals surface area contributed by atoms with Crippen LogP contribution in [0.1, 0.15) is 39.0 Å². The Balaban J connectivity index is 1.52. The van der Waals surface area contributed by atoms with Gasteiger partial charge in [-0.2, -0.15) is 0 Å². The summed E-state index contributed by atoms with van der Waals surface area (Å²) in [6, 6.07) is 17.9. The van der Waals surface area contributed by atoms with Crippen LogP contribution in [-0.4, -0.2) is 40.5 Å². The lowest BCUT2D eigenvalue weighted by molar-refractivity contribution is -0.0248. The Bertz CT molecular complexity index is 990. The fourth-order valence-electron chi connectivity index (χ4n) is 3.59. The van der Waals surface area contributed by atoms with Crippen LogP contribution in [0.15, 0.2) is 60.8 Å². The molecular formula is C23H24N4O2. The number of aryl methyl sites for hydroxylation is 1. The molecular weight excluding hydrogens is 364 g/mol. The van der Waals surface area contributed by atoms with Crippen LogP contribution < -0.4 is 5.73 Å². The number of ether oxygens (including phenoxy) is 1. The molecule has 1 aliphatic heterocycles. The topological polar surface area (TPSA) is 81.3 Å². The number of nitrogens with two attached hydrogens (primary N) is 1. The summed E-state index contributed by atoms with van der Waals surface area (Å²) in [7, 11) is 0. The molecule has 0 bridgehead atoms. The van der Waals surface area contributed by atoms with E-state index < -0.39 is 0 Å². The smallest absolute Gasteiger partial charge is 0.255 e. The summed E-state index contributed by atoms with van der Waals surface area (Å²) in [4.78, 5) is 23.3. The van der Waals surface area contributed by atoms with E-state index in [-0.39, 0.29) is 12.0 Å². The largest absolute Gasteiger partial charge is 0.384 e. The second kappa shape index (κ2) is 8.41. The predicted octanol–water partition coefficient (Wildman–Crippen LogP) is 3.17. The van der Waals surface area contributed by atoms with E-state index in [1.54, 1.807) is 17.0 Å². The van der Waals surface area contributed by atoms with Gasteiger partial charge in [-0.05, 0) is 48.7 Å². The van der Waals surface area contributed by atoms with Gasteiger partial charge in [-0.25, -0.2) is 4.98 Å². The molecule has 0 saturated carbocycles. The molecule has 4 rings (SSSR count). The minimum atomic E-state index is -0.246. The van der Waals surface area contributed by atoms with Gasteiger partial charge in [0.05, 0.1) is 24.4 Å². The van der Waals surface area contributed by atoms with Crippen molar-refractivity contribution in [3.8, 4) is 0 Å². The lowest BCUT2D eigenvalue weighted by Gasteiger charge is -2.33. The van der Waals surface area contributed by atoms with Crippen LogP contribution in [0.25, 0.3) is 0 Å². The maximum atomic E-state index is 12.8. The molecule has 0 radical (unpaired) electrons. The van der Waals surface area contributed by atoms with Crippen molar-refractivity contribution in [2.24, 2.45) is 0 Å². The molecule has 0 spiro atoms. The number of hydrogen-bond acceptors (Lipinski definition) is 5. The molecule has 1 amide bonds. The number of pyridine rings is 2. The van der Waals surface area contributed by atoms with Crippen LogP contribution in [0.2, 0.25) is 0 Å². The number of hydrogen-bond donors (Lipinski definition) is 1. The van der Waals surface area contributed by atoms with Crippen LogP contribution in [0, 0.1) is 6.92 Å². The Kier molecular flexibility index (Phi) is 5.53. The quantitative estimate of drug-likeness (QED) is 0.742. The van der Waals surface area contributed by atoms with E-state index in [9.17, 15) is 4.79 Å². The summed E-state index contributed by atoms with van der Waals surface area (Å²) < 4.78 is 5.97. The summed E-state index contributed by atoms with van der Waals surface area (Å²) in [5.41, 5.74) is 10.4. The Hall–Kier alpha value is -3.25. The molecule has 1 aliphatic rings. The normalized spacial score (nSPS) is 16.6. The Morgan fingerprint density at radius 3 is 2.76 bits per heavy atom. The fraction of sp³-hybridized carbons (Fsp3) is 0.261. The molecule has 6 heteroatoms. The van der Waals surface area contributed by atoms with E-state index >= 15 is 0 Å². The van der Waals surface area contributed by atoms with Crippen molar-refractivity contribution >= 4 is 11.7 Å². The molecule has 2 N–H and O–H groups in total. The predicted molar refractivity (Wildman–Crippen MR) is 111 cm³/mol. The second-order valence-electron chi connectivity index (χ2n) is 7.29. The van der Waals surface area contributed by atoms with E-state index in [1.165, 1.54) is 17.3 Å². The Morgan fingerprint density at radius 2 is 2.00 bits per heavy atom. The first-order valence-corrected chi connectivity index (χ1v) is 9.72. The molecule has 0 aliphatic carbocycles. The SMILES string of the molecule is Cc1cc(Cc2ccccc2)cc([C@@H]2CN(C(=O)c3ccc(N)nc3)CCO2)n1. The van der Waals surface area contributed by atoms with Gasteiger partial charge < -0.3 is 15.4 Å². The van der Waals surface area contributed by atoms with Gasteiger partial charge in [0.25, 0.3) is 5.91 Å². The molecule has 1 saturated heterocycles. The van der Waals surface area contributed by atoms with Gasteiger partial charge >= 0.3 is 0 Å². The van der Waals surface area contributed by atoms with Crippen LogP contribution in [-0.2, 0) is 11.2 Å². The number of rotatable bonds is 4. The number of carbonyl (C=O) groups excluding carboxylic acids is 1. The molecule has 3 aromatic rings. The zero-order valence-electron chi connectivity index (χ0n) is 16.4. The van der Waals surface area contributed by atoms with Crippen LogP contribution >= 0.6 is 0 Å². The summed E-state index contributed by atoms with van der Waals surface area (Å²) >= 11 is 0. The van der Waals surface area contributed by atoms with Crippen molar-refractivity contribution in [2.75, 3.05) is 25.4 Å². The van der Waals surface area contributed by atoms with E-state index in [0.717, 1.165) is 17.8 Å². The van der Waals surface area contributed by atoms with E-state index in [4.69, 9.17) is 10.5 Å². The highest BCUT2D eigenvalue weighted by molar-refractivity contribution is 5.94. The number of morpholine rings is 1. The highest BCUT2D eigenvalue weighted by atomic mass is 16.5. The maximum Gasteiger partial charge on any atom is 0.255 e. The van der Waals surface area contributed by atoms with Gasteiger partial charge in [-0.1, -0.05) is 30.3 Å². The van der Waals surface area contributed by atoms with Gasteiger partial charge in [-0.15, -0.1) is 0 Å². The van der Waals surface area contributed by atoms with Gasteiger partial charge in [0.1, 0.15) is 11.9 Å². The molecule has 148 valence electrons. The summed E-state index contributed by atoms with van der Waals surface area (Å²) in [5, 5.41) is 0. The molecule has 1 aromatic carbocycles. The second-order valence-corrected chi connectivity index (χ2v) is 7.29. The third-order valence-corrected chi connectivity index (χ3v) is 5.00. The molecule has 29 heavy (non-hydrogen) atoms. The average Bonchev–Trinajstić information content (AvgIpc) is 2.74. The van der Waals surface area contributed by atoms with Gasteiger partial charge in [-0.3, -0.25) is 9.78 Å². The lowest BCUT2D eigenvalue weighted by Crippen LogP contribution is -2.42. The molecule has 1 atom stereocenters. The third-order valence-electron chi connectivity index (χ3n) is 5.00. The van der Waals surface area contributed by atoms with Crippen molar-refractivity contribution in [1.29, 1.82) is 0 Å². The van der Waals surface area contributed by atoms with Crippen LogP contribution in [0.4, 0.5) is 5.82 Å². The van der Waals surface area contributed by atoms with Crippen molar-refractivity contribution in [1.82, 2.24) is 14.9 Å². The number of nitrogen functional groups attached to an aromatic ring is 1. The summed E-state index contributed by atoms with van der Waals surface area (Å²) in [5.74, 6) is 0.333. The van der Waals surface area contributed by atoms with Gasteiger partial charge in [0.15, 0.2) is 0 Å². The zero-order chi connectivity index (χ0) is 20.2. The molecule has 1 fully saturated rings. The van der Waals surface area contributed by atoms with Crippen LogP contribution in [0.5, 0.6) is 0 Å². The highest BCUT2D eigenvalue weighted by Crippen LogP contribution is 2.24. The first-order chi connectivity index (χ1) is 14.1. The molecule has 6 nitrogen and oxygen atoms in total. The number of aromatic nitrogens is 2. The summed E-state index contributed by atoms with van der Waals surface area (Å²) in [6.45, 7) is 3.47. The minimum absolute atomic E-state index is 0.0667. The van der Waals surface area contributed by atoms with E-state index in [1.807, 2.05) is 25.1 Å². The molecule has 2 aromatic heterocycles. The van der Waals surface area contributed by atoms with Crippen molar-refractivity contribution in [2.45, 2.75) is 19.4 Å². The standard InChI is InChI=1S/C23H24N4O2/c1-16-11-18(12-17-5-3-2-4-6-17)13-20(26-16)21-15-27(9-10-29-21)23(28)19-7-8-22(24)25-14-19/h2-8,11,13-14,21H,9-10,12,15H2,1H3,(H2,24,25)/t21-/m0/s1. The van der Waals surface area contributed by atoms with Crippen molar-refractivity contribution in [3.63, 3.8) is 0 Å². The van der Waals surface area contributed by atoms with Crippen LogP contribution in [0.3, 0.4) is 0 Å². The number of nitrogens with zero attached hydrogens (tertiary/aromatic N) is 3. The average molecular weight is 388 g/mol. The minimum Gasteiger partial charge on any atom is -0.384 e. The van der Waals surface area contributed by atoms with Gasteiger partial charge in [0, 0.05) is 18.4 Å². The number of anilines is 1. The fourth-order valence-corrected chi connectivity index (χ4v) is 3.59. The molecule has 0 unspecified atom stereocenters. The van der Waals surface area contributed by atoms with Crippen molar-refractivity contribution in [3.05, 3.63) is 88.9 Å². The number of benzene rings is 1. The Morgan fingerprint density at radius 1 is 1.17 bits per heavy atom. The third kappa shape index (κ3) is 4.60. The van der Waals surface area contributed by atoms with Gasteiger partial charge in [0.2, 0.25) is 0 Å². The number of carbonyl (C=O) groups is 1. The highest BCUT2D eigenvalue weighted by Gasteiger charge is 2.27. The van der Waals surface area contributed by atoms with E-state index in [0.29, 0.717) is 31.1 Å². The Labute approximate surface area is 170 Å². The zero-order valence-corrected chi connectivity index (χ0v) is 16.4. The first kappa shape index (κ1) is 19.1. The number of amides is 1.